The number of nitrogens with one attached hydrogen (secondary N) is 1. The number of hydrogen-bond donors (Lipinski definition) is 1. The third kappa shape index (κ3) is 2.61. The fourth-order valence-corrected chi connectivity index (χ4v) is 5.84. The predicted octanol–water partition coefficient (Wildman–Crippen LogP) is 5.05. The molecule has 5 rings (SSSR count). The Balaban J connectivity index is 1.75. The van der Waals surface area contributed by atoms with E-state index in [9.17, 15) is 4.79 Å². The first-order valence-electron chi connectivity index (χ1n) is 9.07. The topological polar surface area (TPSA) is 57.2 Å². The number of aromatic amines is 1. The fraction of sp³-hybridized carbons (Fsp3) is 0.182. The second kappa shape index (κ2) is 6.29. The molecule has 0 spiro atoms. The maximum atomic E-state index is 13.1. The van der Waals surface area contributed by atoms with Crippen molar-refractivity contribution in [2.45, 2.75) is 26.2 Å². The molecular weight excluding hydrogens is 372 g/mol. The number of anilines is 1. The Labute approximate surface area is 165 Å². The van der Waals surface area contributed by atoms with Crippen LogP contribution in [0.15, 0.2) is 41.8 Å². The molecule has 134 valence electrons. The van der Waals surface area contributed by atoms with Crippen LogP contribution in [0.1, 0.15) is 38.5 Å². The maximum Gasteiger partial charge on any atom is 0.270 e. The summed E-state index contributed by atoms with van der Waals surface area (Å²) < 4.78 is 0. The molecule has 0 bridgehead atoms. The Bertz CT molecular complexity index is 1170. The van der Waals surface area contributed by atoms with Crippen molar-refractivity contribution in [3.63, 3.8) is 0 Å². The van der Waals surface area contributed by atoms with Crippen LogP contribution < -0.4 is 10.7 Å². The number of hydrogen-bond acceptors (Lipinski definition) is 4. The van der Waals surface area contributed by atoms with Gasteiger partial charge in [-0.2, -0.15) is 4.98 Å². The van der Waals surface area contributed by atoms with Crippen LogP contribution in [0.2, 0.25) is 0 Å². The van der Waals surface area contributed by atoms with Crippen molar-refractivity contribution in [3.8, 4) is 10.4 Å². The molecule has 0 saturated heterocycles. The van der Waals surface area contributed by atoms with Gasteiger partial charge < -0.3 is 5.73 Å². The highest BCUT2D eigenvalue weighted by atomic mass is 32.1. The number of benzene rings is 1. The lowest BCUT2D eigenvalue weighted by Gasteiger charge is -2.06. The molecule has 0 saturated carbocycles. The van der Waals surface area contributed by atoms with Crippen molar-refractivity contribution >= 4 is 44.4 Å². The molecule has 3 heterocycles. The number of pyridine rings is 1. The highest BCUT2D eigenvalue weighted by molar-refractivity contribution is 7.21. The van der Waals surface area contributed by atoms with E-state index in [4.69, 9.17) is 5.73 Å². The van der Waals surface area contributed by atoms with E-state index >= 15 is 0 Å². The zero-order valence-electron chi connectivity index (χ0n) is 15.0. The van der Waals surface area contributed by atoms with Crippen LogP contribution in [0.25, 0.3) is 20.7 Å². The first kappa shape index (κ1) is 16.7. The minimum Gasteiger partial charge on any atom is -0.397 e. The number of aromatic nitrogens is 1. The monoisotopic (exact) mass is 391 g/mol. The van der Waals surface area contributed by atoms with Crippen molar-refractivity contribution < 1.29 is 9.78 Å². The molecule has 0 fully saturated rings. The SMILES string of the molecule is Cc1ccc(C(=O)c2sc3[nH+]c4c(c(-c5cccs5)c3c2N)CCC4)cc1. The molecule has 3 aromatic heterocycles. The number of aryl methyl sites for hydroxylation is 2. The second-order valence-electron chi connectivity index (χ2n) is 7.03. The zero-order valence-corrected chi connectivity index (χ0v) is 16.6. The van der Waals surface area contributed by atoms with Gasteiger partial charge in [-0.1, -0.05) is 47.2 Å². The van der Waals surface area contributed by atoms with Crippen molar-refractivity contribution in [2.75, 3.05) is 5.73 Å². The standard InChI is InChI=1S/C22H18N2OS2/c1-12-7-9-13(10-8-12)20(25)21-19(23)18-17(16-6-3-11-26-16)14-4-2-5-15(14)24-22(18)27-21/h3,6-11H,2,4-5,23H2,1H3/p+1. The van der Waals surface area contributed by atoms with E-state index in [1.165, 1.54) is 33.0 Å². The smallest absolute Gasteiger partial charge is 0.270 e. The summed E-state index contributed by atoms with van der Waals surface area (Å²) in [5, 5.41) is 3.11. The summed E-state index contributed by atoms with van der Waals surface area (Å²) in [6, 6.07) is 11.9. The van der Waals surface area contributed by atoms with Crippen molar-refractivity contribution in [1.29, 1.82) is 0 Å². The molecule has 1 aromatic carbocycles. The van der Waals surface area contributed by atoms with Gasteiger partial charge in [-0.05, 0) is 31.2 Å². The molecular formula is C22H19N2OS2+. The van der Waals surface area contributed by atoms with Gasteiger partial charge in [0.1, 0.15) is 4.88 Å². The Morgan fingerprint density at radius 1 is 1.15 bits per heavy atom. The fourth-order valence-electron chi connectivity index (χ4n) is 3.92. The van der Waals surface area contributed by atoms with Crippen LogP contribution >= 0.6 is 22.7 Å². The average molecular weight is 392 g/mol. The number of nitrogens with two attached hydrogens (primary N) is 1. The van der Waals surface area contributed by atoms with Gasteiger partial charge in [0.25, 0.3) is 4.83 Å². The summed E-state index contributed by atoms with van der Waals surface area (Å²) in [5.41, 5.74) is 12.9. The first-order chi connectivity index (χ1) is 13.1. The molecule has 3 nitrogen and oxygen atoms in total. The van der Waals surface area contributed by atoms with Crippen molar-refractivity contribution in [2.24, 2.45) is 0 Å². The Kier molecular flexibility index (Phi) is 3.88. The number of carbonyl (C=O) groups is 1. The Morgan fingerprint density at radius 2 is 1.96 bits per heavy atom. The molecule has 0 radical (unpaired) electrons. The quantitative estimate of drug-likeness (QED) is 0.497. The molecule has 0 atom stereocenters. The number of carbonyl (C=O) groups excluding carboxylic acids is 1. The predicted molar refractivity (Wildman–Crippen MR) is 113 cm³/mol. The van der Waals surface area contributed by atoms with Gasteiger partial charge in [-0.3, -0.25) is 4.79 Å². The highest BCUT2D eigenvalue weighted by Crippen LogP contribution is 2.44. The normalized spacial score (nSPS) is 13.2. The van der Waals surface area contributed by atoms with E-state index in [0.717, 1.165) is 35.0 Å². The van der Waals surface area contributed by atoms with Gasteiger partial charge in [-0.15, -0.1) is 11.3 Å². The van der Waals surface area contributed by atoms with Gasteiger partial charge in [0.05, 0.1) is 11.1 Å². The van der Waals surface area contributed by atoms with E-state index in [1.807, 2.05) is 31.2 Å². The van der Waals surface area contributed by atoms with Gasteiger partial charge >= 0.3 is 0 Å². The van der Waals surface area contributed by atoms with Crippen LogP contribution in [-0.2, 0) is 12.8 Å². The lowest BCUT2D eigenvalue weighted by Crippen LogP contribution is -2.11. The van der Waals surface area contributed by atoms with Crippen LogP contribution in [0, 0.1) is 6.92 Å². The van der Waals surface area contributed by atoms with Gasteiger partial charge in [0.15, 0.2) is 5.69 Å². The van der Waals surface area contributed by atoms with E-state index in [-0.39, 0.29) is 5.78 Å². The molecule has 27 heavy (non-hydrogen) atoms. The number of nitrogen functional groups attached to an aromatic ring is 1. The number of rotatable bonds is 3. The van der Waals surface area contributed by atoms with E-state index in [0.29, 0.717) is 16.1 Å². The van der Waals surface area contributed by atoms with E-state index in [1.54, 1.807) is 11.3 Å². The van der Waals surface area contributed by atoms with Crippen LogP contribution in [0.5, 0.6) is 0 Å². The Hall–Kier alpha value is -2.50. The summed E-state index contributed by atoms with van der Waals surface area (Å²) in [5.74, 6) is -0.000566. The molecule has 5 heteroatoms. The third-order valence-electron chi connectivity index (χ3n) is 5.27. The molecule has 1 aliphatic carbocycles. The van der Waals surface area contributed by atoms with Crippen LogP contribution in [0.3, 0.4) is 0 Å². The highest BCUT2D eigenvalue weighted by Gasteiger charge is 2.31. The molecule has 4 aromatic rings. The van der Waals surface area contributed by atoms with E-state index < -0.39 is 0 Å². The number of fused-ring (bicyclic) bond motifs is 2. The minimum atomic E-state index is -0.000566. The molecule has 1 aliphatic rings. The van der Waals surface area contributed by atoms with Crippen LogP contribution in [0.4, 0.5) is 5.69 Å². The summed E-state index contributed by atoms with van der Waals surface area (Å²) in [4.78, 5) is 19.6. The summed E-state index contributed by atoms with van der Waals surface area (Å²) in [6.07, 6.45) is 3.28. The largest absolute Gasteiger partial charge is 0.397 e. The lowest BCUT2D eigenvalue weighted by molar-refractivity contribution is -0.353. The van der Waals surface area contributed by atoms with Crippen molar-refractivity contribution in [1.82, 2.24) is 0 Å². The molecule has 3 N–H and O–H groups in total. The molecule has 0 amide bonds. The summed E-state index contributed by atoms with van der Waals surface area (Å²) in [7, 11) is 0. The van der Waals surface area contributed by atoms with Gasteiger partial charge in [-0.25, -0.2) is 0 Å². The minimum absolute atomic E-state index is 0.000566. The van der Waals surface area contributed by atoms with E-state index in [2.05, 4.69) is 22.5 Å². The lowest BCUT2D eigenvalue weighted by atomic mass is 10.00. The van der Waals surface area contributed by atoms with Crippen LogP contribution in [-0.4, -0.2) is 5.78 Å². The second-order valence-corrected chi connectivity index (χ2v) is 9.00. The zero-order chi connectivity index (χ0) is 18.5. The first-order valence-corrected chi connectivity index (χ1v) is 10.8. The summed E-state index contributed by atoms with van der Waals surface area (Å²) >= 11 is 3.21. The Morgan fingerprint density at radius 3 is 2.70 bits per heavy atom. The third-order valence-corrected chi connectivity index (χ3v) is 7.27. The average Bonchev–Trinajstić information content (AvgIpc) is 3.41. The van der Waals surface area contributed by atoms with Gasteiger partial charge in [0, 0.05) is 28.0 Å². The summed E-state index contributed by atoms with van der Waals surface area (Å²) in [6.45, 7) is 2.02. The maximum absolute atomic E-state index is 13.1. The van der Waals surface area contributed by atoms with Crippen molar-refractivity contribution in [3.05, 3.63) is 69.0 Å². The number of H-pyrrole nitrogens is 1. The molecule has 0 unspecified atom stereocenters. The molecule has 0 aliphatic heterocycles. The number of thiophene rings is 2. The number of ketones is 1. The van der Waals surface area contributed by atoms with Gasteiger partial charge in [0.2, 0.25) is 5.78 Å².